The van der Waals surface area contributed by atoms with Crippen LogP contribution in [0.1, 0.15) is 24.2 Å². The van der Waals surface area contributed by atoms with Crippen molar-refractivity contribution in [2.24, 2.45) is 5.92 Å². The smallest absolute Gasteiger partial charge is 0.256 e. The van der Waals surface area contributed by atoms with Crippen molar-refractivity contribution in [1.29, 1.82) is 0 Å². The van der Waals surface area contributed by atoms with E-state index in [9.17, 15) is 9.59 Å². The second kappa shape index (κ2) is 9.82. The van der Waals surface area contributed by atoms with E-state index in [0.717, 1.165) is 12.8 Å². The van der Waals surface area contributed by atoms with Crippen LogP contribution in [-0.4, -0.2) is 42.9 Å². The van der Waals surface area contributed by atoms with E-state index in [-0.39, 0.29) is 17.7 Å². The Bertz CT molecular complexity index is 928. The summed E-state index contributed by atoms with van der Waals surface area (Å²) in [4.78, 5) is 29.3. The fraction of sp³-hybridized carbons (Fsp3) is 0.333. The van der Waals surface area contributed by atoms with Crippen LogP contribution in [-0.2, 0) is 4.79 Å². The molecule has 2 aromatic rings. The van der Waals surface area contributed by atoms with Crippen molar-refractivity contribution in [3.8, 4) is 0 Å². The number of rotatable bonds is 4. The molecule has 0 spiro atoms. The summed E-state index contributed by atoms with van der Waals surface area (Å²) < 4.78 is 1.90. The molecule has 2 aromatic carbocycles. The number of benzene rings is 2. The Morgan fingerprint density at radius 3 is 2.38 bits per heavy atom. The van der Waals surface area contributed by atoms with Crippen LogP contribution in [0.4, 0.5) is 11.4 Å². The maximum atomic E-state index is 12.9. The molecule has 1 aliphatic heterocycles. The van der Waals surface area contributed by atoms with E-state index in [1.165, 1.54) is 0 Å². The zero-order chi connectivity index (χ0) is 21.1. The summed E-state index contributed by atoms with van der Waals surface area (Å²) >= 11 is 10.6. The molecule has 0 aliphatic carbocycles. The van der Waals surface area contributed by atoms with Crippen LogP contribution in [0, 0.1) is 13.1 Å². The highest BCUT2D eigenvalue weighted by Gasteiger charge is 2.24. The molecule has 0 unspecified atom stereocenters. The van der Waals surface area contributed by atoms with Gasteiger partial charge in [-0.3, -0.25) is 9.59 Å². The molecule has 29 heavy (non-hydrogen) atoms. The van der Waals surface area contributed by atoms with Gasteiger partial charge in [0.2, 0.25) is 5.91 Å². The Morgan fingerprint density at radius 2 is 1.72 bits per heavy atom. The number of piperazine rings is 1. The van der Waals surface area contributed by atoms with Crippen molar-refractivity contribution in [2.45, 2.75) is 13.8 Å². The number of anilines is 2. The molecular weight excluding hydrogens is 616 g/mol. The number of amides is 2. The number of carbonyl (C=O) groups is 2. The van der Waals surface area contributed by atoms with Gasteiger partial charge >= 0.3 is 0 Å². The summed E-state index contributed by atoms with van der Waals surface area (Å²) in [7, 11) is 0. The van der Waals surface area contributed by atoms with Crippen LogP contribution in [0.5, 0.6) is 0 Å². The highest BCUT2D eigenvalue weighted by Crippen LogP contribution is 2.31. The van der Waals surface area contributed by atoms with Gasteiger partial charge in [0.05, 0.1) is 16.9 Å². The monoisotopic (exact) mass is 637 g/mol. The molecule has 0 aromatic heterocycles. The lowest BCUT2D eigenvalue weighted by Crippen LogP contribution is -2.50. The minimum atomic E-state index is -0.162. The predicted molar refractivity (Wildman–Crippen MR) is 135 cm³/mol. The van der Waals surface area contributed by atoms with E-state index in [1.54, 1.807) is 6.07 Å². The molecule has 0 saturated carbocycles. The zero-order valence-electron chi connectivity index (χ0n) is 16.2. The molecule has 2 amide bonds. The lowest BCUT2D eigenvalue weighted by atomic mass is 10.1. The number of hydrogen-bond acceptors (Lipinski definition) is 3. The summed E-state index contributed by atoms with van der Waals surface area (Å²) in [5.74, 6) is 0.0238. The first-order valence-electron chi connectivity index (χ1n) is 9.36. The molecule has 1 heterocycles. The third kappa shape index (κ3) is 5.55. The summed E-state index contributed by atoms with van der Waals surface area (Å²) in [6.07, 6.45) is 0. The van der Waals surface area contributed by atoms with Gasteiger partial charge in [-0.05, 0) is 81.6 Å². The zero-order valence-corrected chi connectivity index (χ0v) is 21.3. The molecule has 5 nitrogen and oxygen atoms in total. The van der Waals surface area contributed by atoms with Gasteiger partial charge in [0.15, 0.2) is 0 Å². The van der Waals surface area contributed by atoms with Gasteiger partial charge in [-0.25, -0.2) is 0 Å². The van der Waals surface area contributed by atoms with E-state index in [2.05, 4.69) is 55.4 Å². The van der Waals surface area contributed by atoms with Gasteiger partial charge in [-0.2, -0.15) is 0 Å². The summed E-state index contributed by atoms with van der Waals surface area (Å²) in [6.45, 7) is 6.61. The Hall–Kier alpha value is -1.07. The van der Waals surface area contributed by atoms with Gasteiger partial charge in [0, 0.05) is 44.3 Å². The standard InChI is InChI=1S/C21H22ClI2N3O2/c1-13(2)21(29)27-9-7-26(8-10-27)19-6-3-14(22)11-18(19)25-20(28)16-12-15(23)4-5-17(16)24/h3-6,11-13H,7-10H2,1-2H3,(H,25,28). The molecule has 1 saturated heterocycles. The normalized spacial score (nSPS) is 14.3. The third-order valence-corrected chi connectivity index (χ3v) is 6.65. The van der Waals surface area contributed by atoms with E-state index in [1.807, 2.05) is 49.1 Å². The molecule has 154 valence electrons. The molecule has 0 atom stereocenters. The first-order valence-corrected chi connectivity index (χ1v) is 11.9. The largest absolute Gasteiger partial charge is 0.366 e. The van der Waals surface area contributed by atoms with Crippen LogP contribution >= 0.6 is 56.8 Å². The highest BCUT2D eigenvalue weighted by atomic mass is 127. The molecule has 1 aliphatic rings. The van der Waals surface area contributed by atoms with Crippen molar-refractivity contribution in [2.75, 3.05) is 36.4 Å². The van der Waals surface area contributed by atoms with E-state index >= 15 is 0 Å². The SMILES string of the molecule is CC(C)C(=O)N1CCN(c2ccc(Cl)cc2NC(=O)c2cc(I)ccc2I)CC1. The molecular formula is C21H22ClI2N3O2. The molecule has 1 N–H and O–H groups in total. The fourth-order valence-corrected chi connectivity index (χ4v) is 4.52. The second-order valence-electron chi connectivity index (χ2n) is 7.21. The summed E-state index contributed by atoms with van der Waals surface area (Å²) in [5, 5.41) is 3.60. The quantitative estimate of drug-likeness (QED) is 0.475. The van der Waals surface area contributed by atoms with Gasteiger partial charge in [-0.15, -0.1) is 0 Å². The molecule has 0 bridgehead atoms. The molecule has 0 radical (unpaired) electrons. The highest BCUT2D eigenvalue weighted by molar-refractivity contribution is 14.1. The second-order valence-corrected chi connectivity index (χ2v) is 10.1. The maximum Gasteiger partial charge on any atom is 0.256 e. The lowest BCUT2D eigenvalue weighted by molar-refractivity contribution is -0.134. The molecule has 3 rings (SSSR count). The van der Waals surface area contributed by atoms with Crippen LogP contribution < -0.4 is 10.2 Å². The Labute approximate surface area is 203 Å². The predicted octanol–water partition coefficient (Wildman–Crippen LogP) is 5.11. The first-order chi connectivity index (χ1) is 13.8. The van der Waals surface area contributed by atoms with Crippen molar-refractivity contribution in [3.05, 3.63) is 54.1 Å². The van der Waals surface area contributed by atoms with Crippen molar-refractivity contribution in [1.82, 2.24) is 4.90 Å². The van der Waals surface area contributed by atoms with Gasteiger partial charge in [0.1, 0.15) is 0 Å². The Balaban J connectivity index is 1.79. The maximum absolute atomic E-state index is 12.9. The average Bonchev–Trinajstić information content (AvgIpc) is 2.69. The lowest BCUT2D eigenvalue weighted by Gasteiger charge is -2.37. The number of hydrogen-bond donors (Lipinski definition) is 1. The summed E-state index contributed by atoms with van der Waals surface area (Å²) in [5.41, 5.74) is 2.23. The molecule has 8 heteroatoms. The van der Waals surface area contributed by atoms with E-state index in [0.29, 0.717) is 42.5 Å². The van der Waals surface area contributed by atoms with Crippen LogP contribution in [0.25, 0.3) is 0 Å². The third-order valence-electron chi connectivity index (χ3n) is 4.81. The van der Waals surface area contributed by atoms with Gasteiger partial charge < -0.3 is 15.1 Å². The van der Waals surface area contributed by atoms with Crippen molar-refractivity contribution >= 4 is 80.0 Å². The van der Waals surface area contributed by atoms with Crippen LogP contribution in [0.15, 0.2) is 36.4 Å². The van der Waals surface area contributed by atoms with Crippen LogP contribution in [0.2, 0.25) is 5.02 Å². The average molecular weight is 638 g/mol. The minimum absolute atomic E-state index is 0.00284. The summed E-state index contributed by atoms with van der Waals surface area (Å²) in [6, 6.07) is 11.3. The van der Waals surface area contributed by atoms with E-state index < -0.39 is 0 Å². The number of halogens is 3. The number of nitrogens with one attached hydrogen (secondary N) is 1. The van der Waals surface area contributed by atoms with Crippen molar-refractivity contribution in [3.63, 3.8) is 0 Å². The van der Waals surface area contributed by atoms with Gasteiger partial charge in [0.25, 0.3) is 5.91 Å². The topological polar surface area (TPSA) is 52.7 Å². The fourth-order valence-electron chi connectivity index (χ4n) is 3.28. The Morgan fingerprint density at radius 1 is 1.03 bits per heavy atom. The molecule has 1 fully saturated rings. The van der Waals surface area contributed by atoms with Gasteiger partial charge in [-0.1, -0.05) is 25.4 Å². The van der Waals surface area contributed by atoms with Crippen molar-refractivity contribution < 1.29 is 9.59 Å². The Kier molecular flexibility index (Phi) is 7.66. The van der Waals surface area contributed by atoms with Crippen LogP contribution in [0.3, 0.4) is 0 Å². The number of nitrogens with zero attached hydrogens (tertiary/aromatic N) is 2. The first kappa shape index (κ1) is 22.6. The minimum Gasteiger partial charge on any atom is -0.366 e. The number of carbonyl (C=O) groups excluding carboxylic acids is 2. The van der Waals surface area contributed by atoms with E-state index in [4.69, 9.17) is 11.6 Å².